The Morgan fingerprint density at radius 3 is 2.57 bits per heavy atom. The molecular formula is C22H21N4O2+. The largest absolute Gasteiger partial charge is 0.323 e. The zero-order valence-corrected chi connectivity index (χ0v) is 15.5. The number of para-hydroxylation sites is 1. The van der Waals surface area contributed by atoms with Gasteiger partial charge >= 0.3 is 0 Å². The highest BCUT2D eigenvalue weighted by Gasteiger charge is 2.14. The fraction of sp³-hybridized carbons (Fsp3) is 0.136. The molecule has 4 rings (SSSR count). The fourth-order valence-electron chi connectivity index (χ4n) is 3.37. The van der Waals surface area contributed by atoms with Gasteiger partial charge in [-0.2, -0.15) is 0 Å². The molecule has 6 nitrogen and oxygen atoms in total. The zero-order chi connectivity index (χ0) is 19.5. The second-order valence-electron chi connectivity index (χ2n) is 6.92. The minimum absolute atomic E-state index is 0.0861. The summed E-state index contributed by atoms with van der Waals surface area (Å²) in [4.78, 5) is 32.9. The average Bonchev–Trinajstić information content (AvgIpc) is 2.68. The van der Waals surface area contributed by atoms with Gasteiger partial charge in [0.2, 0.25) is 0 Å². The molecule has 1 unspecified atom stereocenters. The normalized spacial score (nSPS) is 12.2. The van der Waals surface area contributed by atoms with Crippen molar-refractivity contribution in [1.82, 2.24) is 9.97 Å². The predicted molar refractivity (Wildman–Crippen MR) is 110 cm³/mol. The molecule has 0 radical (unpaired) electrons. The summed E-state index contributed by atoms with van der Waals surface area (Å²) in [7, 11) is 1.90. The van der Waals surface area contributed by atoms with Gasteiger partial charge in [-0.15, -0.1) is 0 Å². The molecule has 1 aromatic heterocycles. The molecule has 3 N–H and O–H groups in total. The highest BCUT2D eigenvalue weighted by atomic mass is 16.2. The summed E-state index contributed by atoms with van der Waals surface area (Å²) in [6, 6.07) is 21.0. The topological polar surface area (TPSA) is 79.3 Å². The molecular weight excluding hydrogens is 352 g/mol. The van der Waals surface area contributed by atoms with Gasteiger partial charge in [-0.25, -0.2) is 4.98 Å². The lowest BCUT2D eigenvalue weighted by molar-refractivity contribution is -0.885. The first-order valence-electron chi connectivity index (χ1n) is 9.17. The van der Waals surface area contributed by atoms with E-state index in [0.717, 1.165) is 21.4 Å². The van der Waals surface area contributed by atoms with E-state index in [-0.39, 0.29) is 18.0 Å². The molecule has 140 valence electrons. The maximum absolute atomic E-state index is 12.5. The molecule has 4 aromatic rings. The molecule has 0 bridgehead atoms. The number of rotatable bonds is 5. The van der Waals surface area contributed by atoms with Crippen LogP contribution in [0.25, 0.3) is 21.7 Å². The molecule has 28 heavy (non-hydrogen) atoms. The number of H-pyrrole nitrogens is 1. The molecule has 3 aromatic carbocycles. The van der Waals surface area contributed by atoms with Crippen molar-refractivity contribution in [1.29, 1.82) is 0 Å². The number of hydrogen-bond donors (Lipinski definition) is 3. The van der Waals surface area contributed by atoms with Crippen molar-refractivity contribution < 1.29 is 9.69 Å². The number of anilines is 1. The molecule has 0 spiro atoms. The summed E-state index contributed by atoms with van der Waals surface area (Å²) < 4.78 is 0. The third-order valence-corrected chi connectivity index (χ3v) is 4.66. The molecule has 0 aliphatic heterocycles. The number of benzene rings is 3. The van der Waals surface area contributed by atoms with E-state index in [4.69, 9.17) is 0 Å². The molecule has 1 amide bonds. The van der Waals surface area contributed by atoms with Gasteiger partial charge in [-0.1, -0.05) is 48.5 Å². The van der Waals surface area contributed by atoms with Crippen LogP contribution in [0.1, 0.15) is 5.82 Å². The van der Waals surface area contributed by atoms with Crippen LogP contribution in [0.4, 0.5) is 5.69 Å². The lowest BCUT2D eigenvalue weighted by atomic mass is 10.1. The minimum atomic E-state index is -0.159. The fourth-order valence-corrected chi connectivity index (χ4v) is 3.37. The van der Waals surface area contributed by atoms with Crippen LogP contribution < -0.4 is 15.8 Å². The molecule has 0 aliphatic rings. The van der Waals surface area contributed by atoms with Crippen LogP contribution in [0, 0.1) is 0 Å². The molecule has 1 heterocycles. The zero-order valence-electron chi connectivity index (χ0n) is 15.5. The summed E-state index contributed by atoms with van der Waals surface area (Å²) in [5, 5.41) is 5.65. The van der Waals surface area contributed by atoms with E-state index in [1.165, 1.54) is 0 Å². The van der Waals surface area contributed by atoms with Crippen molar-refractivity contribution in [2.75, 3.05) is 18.9 Å². The van der Waals surface area contributed by atoms with Crippen molar-refractivity contribution in [3.63, 3.8) is 0 Å². The van der Waals surface area contributed by atoms with Crippen LogP contribution in [-0.2, 0) is 11.3 Å². The highest BCUT2D eigenvalue weighted by Crippen LogP contribution is 2.22. The number of aromatic amines is 1. The Morgan fingerprint density at radius 2 is 1.71 bits per heavy atom. The van der Waals surface area contributed by atoms with Gasteiger partial charge in [0, 0.05) is 11.1 Å². The molecule has 1 atom stereocenters. The summed E-state index contributed by atoms with van der Waals surface area (Å²) in [6.45, 7) is 0.711. The van der Waals surface area contributed by atoms with Crippen LogP contribution in [0.3, 0.4) is 0 Å². The highest BCUT2D eigenvalue weighted by molar-refractivity contribution is 6.02. The number of nitrogens with one attached hydrogen (secondary N) is 3. The van der Waals surface area contributed by atoms with Gasteiger partial charge in [-0.3, -0.25) is 9.59 Å². The van der Waals surface area contributed by atoms with Gasteiger partial charge < -0.3 is 15.2 Å². The lowest BCUT2D eigenvalue weighted by Gasteiger charge is -2.14. The van der Waals surface area contributed by atoms with Crippen LogP contribution in [0.2, 0.25) is 0 Å². The number of carbonyl (C=O) groups excluding carboxylic acids is 1. The van der Waals surface area contributed by atoms with E-state index in [9.17, 15) is 9.59 Å². The molecule has 0 fully saturated rings. The van der Waals surface area contributed by atoms with E-state index in [1.807, 2.05) is 67.7 Å². The summed E-state index contributed by atoms with van der Waals surface area (Å²) in [6.07, 6.45) is 0. The Morgan fingerprint density at radius 1 is 1.00 bits per heavy atom. The Balaban J connectivity index is 1.45. The van der Waals surface area contributed by atoms with Crippen LogP contribution >= 0.6 is 0 Å². The van der Waals surface area contributed by atoms with Gasteiger partial charge in [-0.05, 0) is 23.6 Å². The van der Waals surface area contributed by atoms with Crippen LogP contribution in [0.15, 0.2) is 71.5 Å². The van der Waals surface area contributed by atoms with Gasteiger partial charge in [0.15, 0.2) is 12.4 Å². The standard InChI is InChI=1S/C22H20N4O2/c1-26(13-20-23-19-11-5-4-10-17(19)22(28)25-20)14-21(27)24-18-12-6-8-15-7-2-3-9-16(15)18/h2-12H,13-14H2,1H3,(H,24,27)(H,23,25,28)/p+1. The van der Waals surface area contributed by atoms with Crippen molar-refractivity contribution in [2.45, 2.75) is 6.54 Å². The summed E-state index contributed by atoms with van der Waals surface area (Å²) in [5.41, 5.74) is 1.30. The quantitative estimate of drug-likeness (QED) is 0.498. The van der Waals surface area contributed by atoms with Gasteiger partial charge in [0.1, 0.15) is 6.54 Å². The molecule has 0 saturated heterocycles. The maximum atomic E-state index is 12.5. The van der Waals surface area contributed by atoms with Crippen molar-refractivity contribution >= 4 is 33.3 Å². The number of fused-ring (bicyclic) bond motifs is 2. The van der Waals surface area contributed by atoms with Gasteiger partial charge in [0.05, 0.1) is 18.0 Å². The second-order valence-corrected chi connectivity index (χ2v) is 6.92. The molecule has 0 aliphatic carbocycles. The first-order chi connectivity index (χ1) is 13.6. The first kappa shape index (κ1) is 17.9. The Bertz CT molecular complexity index is 1210. The van der Waals surface area contributed by atoms with Crippen molar-refractivity contribution in [2.24, 2.45) is 0 Å². The molecule has 0 saturated carbocycles. The molecule has 6 heteroatoms. The van der Waals surface area contributed by atoms with E-state index >= 15 is 0 Å². The lowest BCUT2D eigenvalue weighted by Crippen LogP contribution is -3.08. The smallest absolute Gasteiger partial charge is 0.279 e. The van der Waals surface area contributed by atoms with E-state index < -0.39 is 0 Å². The summed E-state index contributed by atoms with van der Waals surface area (Å²) >= 11 is 0. The Kier molecular flexibility index (Phi) is 4.87. The predicted octanol–water partition coefficient (Wildman–Crippen LogP) is 1.73. The SMILES string of the molecule is C[NH+](CC(=O)Nc1cccc2ccccc12)Cc1nc2ccccc2c(=O)[nH]1. The number of nitrogens with zero attached hydrogens (tertiary/aromatic N) is 1. The van der Waals surface area contributed by atoms with Crippen molar-refractivity contribution in [3.05, 3.63) is 82.9 Å². The monoisotopic (exact) mass is 373 g/mol. The van der Waals surface area contributed by atoms with Gasteiger partial charge in [0.25, 0.3) is 11.5 Å². The van der Waals surface area contributed by atoms with Crippen LogP contribution in [0.5, 0.6) is 0 Å². The third-order valence-electron chi connectivity index (χ3n) is 4.66. The number of likely N-dealkylation sites (N-methyl/N-ethyl adjacent to an activating group) is 1. The van der Waals surface area contributed by atoms with Crippen LogP contribution in [-0.4, -0.2) is 29.5 Å². The Hall–Kier alpha value is -3.51. The van der Waals surface area contributed by atoms with E-state index in [0.29, 0.717) is 23.3 Å². The summed E-state index contributed by atoms with van der Waals surface area (Å²) in [5.74, 6) is 0.483. The van der Waals surface area contributed by atoms with E-state index in [2.05, 4.69) is 15.3 Å². The number of hydrogen-bond acceptors (Lipinski definition) is 3. The number of aromatic nitrogens is 2. The number of amides is 1. The number of quaternary nitrogens is 1. The maximum Gasteiger partial charge on any atom is 0.279 e. The number of carbonyl (C=O) groups is 1. The first-order valence-corrected chi connectivity index (χ1v) is 9.17. The van der Waals surface area contributed by atoms with E-state index in [1.54, 1.807) is 6.07 Å². The Labute approximate surface area is 161 Å². The van der Waals surface area contributed by atoms with Crippen molar-refractivity contribution in [3.8, 4) is 0 Å². The minimum Gasteiger partial charge on any atom is -0.323 e. The average molecular weight is 373 g/mol. The second kappa shape index (κ2) is 7.62. The third kappa shape index (κ3) is 3.77.